The molecular weight excluding hydrogens is 236 g/mol. The number of methoxy groups -OCH3 is 1. The number of rotatable bonds is 1. The number of fused-ring (bicyclic) bond motifs is 3. The molecule has 0 fully saturated rings. The van der Waals surface area contributed by atoms with Crippen LogP contribution in [-0.2, 0) is 13.1 Å². The van der Waals surface area contributed by atoms with Crippen molar-refractivity contribution in [3.05, 3.63) is 34.5 Å². The Hall–Kier alpha value is -1.32. The van der Waals surface area contributed by atoms with Crippen molar-refractivity contribution in [2.75, 3.05) is 14.2 Å². The minimum atomic E-state index is 0.610. The van der Waals surface area contributed by atoms with E-state index in [2.05, 4.69) is 16.9 Å². The lowest BCUT2D eigenvalue weighted by molar-refractivity contribution is 0.353. The molecule has 0 spiro atoms. The molecular formula is C13H13ClN2O. The second-order valence-corrected chi connectivity index (χ2v) is 4.85. The smallest absolute Gasteiger partial charge is 0.138 e. The van der Waals surface area contributed by atoms with Crippen LogP contribution in [0.15, 0.2) is 18.3 Å². The first-order chi connectivity index (χ1) is 8.19. The van der Waals surface area contributed by atoms with Gasteiger partial charge in [-0.3, -0.25) is 9.88 Å². The molecule has 1 aliphatic heterocycles. The van der Waals surface area contributed by atoms with Crippen molar-refractivity contribution < 1.29 is 4.74 Å². The molecule has 0 unspecified atom stereocenters. The molecule has 2 aromatic rings. The topological polar surface area (TPSA) is 25.4 Å². The summed E-state index contributed by atoms with van der Waals surface area (Å²) in [6.07, 6.45) is 1.95. The zero-order valence-corrected chi connectivity index (χ0v) is 10.6. The van der Waals surface area contributed by atoms with Gasteiger partial charge in [0.25, 0.3) is 0 Å². The molecule has 1 aliphatic rings. The van der Waals surface area contributed by atoms with Crippen LogP contribution in [0.5, 0.6) is 5.75 Å². The van der Waals surface area contributed by atoms with Crippen LogP contribution in [0.2, 0.25) is 5.02 Å². The minimum absolute atomic E-state index is 0.610. The fraction of sp³-hybridized carbons (Fsp3) is 0.308. The van der Waals surface area contributed by atoms with Gasteiger partial charge in [-0.1, -0.05) is 11.6 Å². The standard InChI is InChI=1S/C13H13ClN2O/c1-16-6-8-5-15-12-4-11(14)13(17-2)3-9(12)10(8)7-16/h3-5H,6-7H2,1-2H3. The maximum atomic E-state index is 6.11. The molecule has 0 aliphatic carbocycles. The second-order valence-electron chi connectivity index (χ2n) is 4.44. The highest BCUT2D eigenvalue weighted by Crippen LogP contribution is 2.34. The number of hydrogen-bond acceptors (Lipinski definition) is 3. The van der Waals surface area contributed by atoms with Gasteiger partial charge in [-0.15, -0.1) is 0 Å². The monoisotopic (exact) mass is 248 g/mol. The summed E-state index contributed by atoms with van der Waals surface area (Å²) in [5.74, 6) is 0.712. The summed E-state index contributed by atoms with van der Waals surface area (Å²) in [6.45, 7) is 1.92. The maximum Gasteiger partial charge on any atom is 0.138 e. The van der Waals surface area contributed by atoms with E-state index in [1.165, 1.54) is 11.1 Å². The number of aromatic nitrogens is 1. The van der Waals surface area contributed by atoms with E-state index in [1.807, 2.05) is 18.3 Å². The lowest BCUT2D eigenvalue weighted by Gasteiger charge is -2.08. The molecule has 3 nitrogen and oxygen atoms in total. The van der Waals surface area contributed by atoms with Gasteiger partial charge in [-0.25, -0.2) is 0 Å². The van der Waals surface area contributed by atoms with Crippen LogP contribution in [0, 0.1) is 0 Å². The van der Waals surface area contributed by atoms with Gasteiger partial charge in [0.15, 0.2) is 0 Å². The lowest BCUT2D eigenvalue weighted by Crippen LogP contribution is -2.07. The van der Waals surface area contributed by atoms with E-state index in [1.54, 1.807) is 7.11 Å². The highest BCUT2D eigenvalue weighted by atomic mass is 35.5. The van der Waals surface area contributed by atoms with Gasteiger partial charge in [-0.2, -0.15) is 0 Å². The summed E-state index contributed by atoms with van der Waals surface area (Å²) in [7, 11) is 3.74. The van der Waals surface area contributed by atoms with E-state index in [0.717, 1.165) is 24.0 Å². The van der Waals surface area contributed by atoms with Crippen LogP contribution < -0.4 is 4.74 Å². The summed E-state index contributed by atoms with van der Waals surface area (Å²) in [5.41, 5.74) is 3.57. The van der Waals surface area contributed by atoms with Crippen molar-refractivity contribution in [1.29, 1.82) is 0 Å². The first kappa shape index (κ1) is 10.8. The number of nitrogens with zero attached hydrogens (tertiary/aromatic N) is 2. The fourth-order valence-electron chi connectivity index (χ4n) is 2.39. The summed E-state index contributed by atoms with van der Waals surface area (Å²) in [4.78, 5) is 6.73. The zero-order valence-electron chi connectivity index (χ0n) is 9.83. The molecule has 0 amide bonds. The van der Waals surface area contributed by atoms with E-state index in [9.17, 15) is 0 Å². The molecule has 0 saturated carbocycles. The molecule has 1 aromatic heterocycles. The van der Waals surface area contributed by atoms with Crippen LogP contribution in [0.3, 0.4) is 0 Å². The number of ether oxygens (including phenoxy) is 1. The SMILES string of the molecule is COc1cc2c3c(cnc2cc1Cl)CN(C)C3. The average molecular weight is 249 g/mol. The van der Waals surface area contributed by atoms with Gasteiger partial charge >= 0.3 is 0 Å². The van der Waals surface area contributed by atoms with E-state index >= 15 is 0 Å². The number of hydrogen-bond donors (Lipinski definition) is 0. The van der Waals surface area contributed by atoms with Crippen LogP contribution in [0.4, 0.5) is 0 Å². The van der Waals surface area contributed by atoms with Gasteiger partial charge < -0.3 is 4.74 Å². The Morgan fingerprint density at radius 3 is 2.94 bits per heavy atom. The van der Waals surface area contributed by atoms with E-state index in [0.29, 0.717) is 10.8 Å². The Bertz CT molecular complexity index is 597. The predicted octanol–water partition coefficient (Wildman–Crippen LogP) is 2.84. The third-order valence-electron chi connectivity index (χ3n) is 3.21. The summed E-state index contributed by atoms with van der Waals surface area (Å²) >= 11 is 6.11. The summed E-state index contributed by atoms with van der Waals surface area (Å²) in [5, 5.41) is 1.76. The van der Waals surface area contributed by atoms with Gasteiger partial charge in [0.1, 0.15) is 5.75 Å². The van der Waals surface area contributed by atoms with Gasteiger partial charge in [-0.05, 0) is 30.3 Å². The predicted molar refractivity (Wildman–Crippen MR) is 68.5 cm³/mol. The molecule has 3 rings (SSSR count). The number of benzene rings is 1. The molecule has 1 aromatic carbocycles. The highest BCUT2D eigenvalue weighted by molar-refractivity contribution is 6.32. The summed E-state index contributed by atoms with van der Waals surface area (Å²) in [6, 6.07) is 3.86. The Kier molecular flexibility index (Phi) is 2.45. The zero-order chi connectivity index (χ0) is 12.0. The normalized spacial score (nSPS) is 15.2. The largest absolute Gasteiger partial charge is 0.495 e. The van der Waals surface area contributed by atoms with Gasteiger partial charge in [0.2, 0.25) is 0 Å². The second kappa shape index (κ2) is 3.86. The van der Waals surface area contributed by atoms with Crippen LogP contribution in [0.25, 0.3) is 10.9 Å². The molecule has 0 bridgehead atoms. The Balaban J connectivity index is 2.29. The van der Waals surface area contributed by atoms with Crippen LogP contribution in [-0.4, -0.2) is 24.0 Å². The van der Waals surface area contributed by atoms with Crippen molar-refractivity contribution in [1.82, 2.24) is 9.88 Å². The Morgan fingerprint density at radius 1 is 1.35 bits per heavy atom. The minimum Gasteiger partial charge on any atom is -0.495 e. The molecule has 0 radical (unpaired) electrons. The molecule has 0 N–H and O–H groups in total. The number of pyridine rings is 1. The molecule has 4 heteroatoms. The highest BCUT2D eigenvalue weighted by Gasteiger charge is 2.19. The Labute approximate surface area is 105 Å². The first-order valence-corrected chi connectivity index (χ1v) is 5.89. The summed E-state index contributed by atoms with van der Waals surface area (Å²) < 4.78 is 5.27. The molecule has 2 heterocycles. The maximum absolute atomic E-state index is 6.11. The first-order valence-electron chi connectivity index (χ1n) is 5.51. The van der Waals surface area contributed by atoms with Crippen LogP contribution >= 0.6 is 11.6 Å². The van der Waals surface area contributed by atoms with E-state index < -0.39 is 0 Å². The molecule has 0 atom stereocenters. The fourth-order valence-corrected chi connectivity index (χ4v) is 2.62. The van der Waals surface area contributed by atoms with Crippen molar-refractivity contribution in [3.63, 3.8) is 0 Å². The van der Waals surface area contributed by atoms with Gasteiger partial charge in [0.05, 0.1) is 17.6 Å². The van der Waals surface area contributed by atoms with Crippen molar-refractivity contribution in [2.45, 2.75) is 13.1 Å². The molecule has 0 saturated heterocycles. The van der Waals surface area contributed by atoms with Crippen molar-refractivity contribution >= 4 is 22.5 Å². The van der Waals surface area contributed by atoms with Crippen molar-refractivity contribution in [3.8, 4) is 5.75 Å². The average Bonchev–Trinajstić information content (AvgIpc) is 2.69. The number of halogens is 1. The quantitative estimate of drug-likeness (QED) is 0.776. The van der Waals surface area contributed by atoms with Crippen LogP contribution in [0.1, 0.15) is 11.1 Å². The molecule has 88 valence electrons. The third kappa shape index (κ3) is 1.66. The lowest BCUT2D eigenvalue weighted by atomic mass is 10.1. The van der Waals surface area contributed by atoms with E-state index in [4.69, 9.17) is 16.3 Å². The third-order valence-corrected chi connectivity index (χ3v) is 3.51. The Morgan fingerprint density at radius 2 is 2.18 bits per heavy atom. The van der Waals surface area contributed by atoms with E-state index in [-0.39, 0.29) is 0 Å². The molecule has 17 heavy (non-hydrogen) atoms. The van der Waals surface area contributed by atoms with Crippen molar-refractivity contribution in [2.24, 2.45) is 0 Å². The van der Waals surface area contributed by atoms with Gasteiger partial charge in [0, 0.05) is 24.7 Å².